The lowest BCUT2D eigenvalue weighted by atomic mass is 10.2. The van der Waals surface area contributed by atoms with Gasteiger partial charge in [-0.25, -0.2) is 0 Å². The summed E-state index contributed by atoms with van der Waals surface area (Å²) in [5, 5.41) is 7.23. The Kier molecular flexibility index (Phi) is 7.81. The first-order valence-electron chi connectivity index (χ1n) is 8.29. The monoisotopic (exact) mass is 368 g/mol. The molecule has 2 aromatic carbocycles. The molecule has 0 N–H and O–H groups in total. The van der Waals surface area contributed by atoms with Gasteiger partial charge in [0, 0.05) is 21.2 Å². The van der Waals surface area contributed by atoms with Crippen LogP contribution in [0.25, 0.3) is 20.9 Å². The van der Waals surface area contributed by atoms with E-state index in [1.54, 1.807) is 12.1 Å². The van der Waals surface area contributed by atoms with Crippen molar-refractivity contribution < 1.29 is 14.2 Å². The van der Waals surface area contributed by atoms with Crippen LogP contribution in [0.1, 0.15) is 11.1 Å². The second kappa shape index (κ2) is 10.6. The van der Waals surface area contributed by atoms with E-state index in [1.165, 1.54) is 0 Å². The average molecular weight is 368 g/mol. The highest BCUT2D eigenvalue weighted by molar-refractivity contribution is 5.50. The van der Waals surface area contributed by atoms with Crippen LogP contribution in [0.4, 0.5) is 11.4 Å². The predicted molar refractivity (Wildman–Crippen MR) is 102 cm³/mol. The van der Waals surface area contributed by atoms with E-state index in [1.807, 2.05) is 38.1 Å². The minimum atomic E-state index is 0.365. The normalized spacial score (nSPS) is 9.85. The van der Waals surface area contributed by atoms with Crippen LogP contribution in [0.3, 0.4) is 0 Å². The molecule has 140 valence electrons. The Balaban J connectivity index is 1.68. The lowest BCUT2D eigenvalue weighted by molar-refractivity contribution is 0.0764. The molecule has 0 atom stereocenters. The molecule has 0 amide bonds. The van der Waals surface area contributed by atoms with Crippen LogP contribution in [0.15, 0.2) is 46.6 Å². The SMILES string of the molecule is Cc1ccc(OCCOCCOc2ccc(C)c(N=[N+]=[N-])c2)cc1N=[N+]=[N-]. The van der Waals surface area contributed by atoms with Gasteiger partial charge < -0.3 is 14.2 Å². The fourth-order valence-electron chi connectivity index (χ4n) is 2.21. The molecule has 9 nitrogen and oxygen atoms in total. The summed E-state index contributed by atoms with van der Waals surface area (Å²) < 4.78 is 16.6. The molecular formula is C18H20N6O3. The molecule has 0 fully saturated rings. The molecule has 0 saturated carbocycles. The van der Waals surface area contributed by atoms with Crippen molar-refractivity contribution >= 4 is 11.4 Å². The van der Waals surface area contributed by atoms with Crippen molar-refractivity contribution in [2.45, 2.75) is 13.8 Å². The van der Waals surface area contributed by atoms with E-state index in [0.29, 0.717) is 49.3 Å². The first-order valence-corrected chi connectivity index (χ1v) is 8.29. The molecule has 0 unspecified atom stereocenters. The number of hydrogen-bond donors (Lipinski definition) is 0. The van der Waals surface area contributed by atoms with Crippen LogP contribution in [-0.4, -0.2) is 26.4 Å². The molecule has 0 heterocycles. The third-order valence-electron chi connectivity index (χ3n) is 3.66. The third-order valence-corrected chi connectivity index (χ3v) is 3.66. The first-order chi connectivity index (χ1) is 13.1. The third kappa shape index (κ3) is 6.45. The molecule has 0 aliphatic heterocycles. The molecule has 2 rings (SSSR count). The number of rotatable bonds is 10. The Morgan fingerprint density at radius 2 is 1.19 bits per heavy atom. The maximum absolute atomic E-state index is 8.53. The topological polar surface area (TPSA) is 125 Å². The summed E-state index contributed by atoms with van der Waals surface area (Å²) in [6, 6.07) is 10.7. The lowest BCUT2D eigenvalue weighted by Gasteiger charge is -2.10. The lowest BCUT2D eigenvalue weighted by Crippen LogP contribution is -2.12. The second-order valence-electron chi connectivity index (χ2n) is 5.58. The molecule has 0 spiro atoms. The first kappa shape index (κ1) is 19.9. The zero-order valence-corrected chi connectivity index (χ0v) is 15.2. The zero-order chi connectivity index (χ0) is 19.5. The van der Waals surface area contributed by atoms with E-state index in [4.69, 9.17) is 25.3 Å². The number of ether oxygens (including phenoxy) is 3. The van der Waals surface area contributed by atoms with Crippen molar-refractivity contribution in [1.29, 1.82) is 0 Å². The van der Waals surface area contributed by atoms with Gasteiger partial charge >= 0.3 is 0 Å². The van der Waals surface area contributed by atoms with E-state index in [2.05, 4.69) is 20.1 Å². The molecule has 2 aromatic rings. The summed E-state index contributed by atoms with van der Waals surface area (Å²) in [5.74, 6) is 1.24. The summed E-state index contributed by atoms with van der Waals surface area (Å²) in [4.78, 5) is 5.58. The summed E-state index contributed by atoms with van der Waals surface area (Å²) in [5.41, 5.74) is 19.9. The Labute approximate surface area is 156 Å². The van der Waals surface area contributed by atoms with Crippen molar-refractivity contribution in [3.63, 3.8) is 0 Å². The van der Waals surface area contributed by atoms with Gasteiger partial charge in [-0.05, 0) is 60.3 Å². The van der Waals surface area contributed by atoms with Gasteiger partial charge in [0.1, 0.15) is 24.7 Å². The predicted octanol–water partition coefficient (Wildman–Crippen LogP) is 5.66. The van der Waals surface area contributed by atoms with Crippen LogP contribution in [-0.2, 0) is 4.74 Å². The number of aryl methyl sites for hydroxylation is 2. The number of hydrogen-bond acceptors (Lipinski definition) is 5. The van der Waals surface area contributed by atoms with Crippen LogP contribution >= 0.6 is 0 Å². The molecule has 0 aliphatic rings. The van der Waals surface area contributed by atoms with Crippen molar-refractivity contribution in [2.75, 3.05) is 26.4 Å². The summed E-state index contributed by atoms with van der Waals surface area (Å²) in [6.07, 6.45) is 0. The van der Waals surface area contributed by atoms with E-state index in [-0.39, 0.29) is 0 Å². The molecule has 0 aliphatic carbocycles. The molecule has 0 saturated heterocycles. The highest BCUT2D eigenvalue weighted by Gasteiger charge is 2.01. The quantitative estimate of drug-likeness (QED) is 0.232. The summed E-state index contributed by atoms with van der Waals surface area (Å²) in [6.45, 7) is 5.24. The van der Waals surface area contributed by atoms with Crippen molar-refractivity contribution in [2.24, 2.45) is 10.2 Å². The van der Waals surface area contributed by atoms with Gasteiger partial charge in [0.05, 0.1) is 13.2 Å². The second-order valence-corrected chi connectivity index (χ2v) is 5.58. The fourth-order valence-corrected chi connectivity index (χ4v) is 2.21. The largest absolute Gasteiger partial charge is 0.491 e. The maximum Gasteiger partial charge on any atom is 0.119 e. The van der Waals surface area contributed by atoms with E-state index >= 15 is 0 Å². The Morgan fingerprint density at radius 3 is 1.59 bits per heavy atom. The van der Waals surface area contributed by atoms with Gasteiger partial charge in [0.15, 0.2) is 0 Å². The van der Waals surface area contributed by atoms with Gasteiger partial charge in [0.2, 0.25) is 0 Å². The summed E-state index contributed by atoms with van der Waals surface area (Å²) >= 11 is 0. The standard InChI is InChI=1S/C18H20N6O3/c1-13-3-5-15(11-17(13)21-23-19)26-9-7-25-8-10-27-16-6-4-14(2)18(12-16)22-24-20/h3-6,11-12H,7-10H2,1-2H3. The molecule has 27 heavy (non-hydrogen) atoms. The van der Waals surface area contributed by atoms with Crippen molar-refractivity contribution in [1.82, 2.24) is 0 Å². The van der Waals surface area contributed by atoms with Crippen LogP contribution in [0.2, 0.25) is 0 Å². The van der Waals surface area contributed by atoms with Crippen LogP contribution in [0, 0.1) is 13.8 Å². The minimum Gasteiger partial charge on any atom is -0.491 e. The molecule has 0 aromatic heterocycles. The maximum atomic E-state index is 8.53. The highest BCUT2D eigenvalue weighted by Crippen LogP contribution is 2.25. The molecular weight excluding hydrogens is 348 g/mol. The average Bonchev–Trinajstić information content (AvgIpc) is 2.66. The summed E-state index contributed by atoms with van der Waals surface area (Å²) in [7, 11) is 0. The number of azide groups is 2. The van der Waals surface area contributed by atoms with Crippen molar-refractivity contribution in [3.05, 3.63) is 68.4 Å². The van der Waals surface area contributed by atoms with Crippen molar-refractivity contribution in [3.8, 4) is 11.5 Å². The van der Waals surface area contributed by atoms with E-state index in [9.17, 15) is 0 Å². The molecule has 9 heteroatoms. The fraction of sp³-hybridized carbons (Fsp3) is 0.333. The van der Waals surface area contributed by atoms with Gasteiger partial charge in [0.25, 0.3) is 0 Å². The van der Waals surface area contributed by atoms with Gasteiger partial charge in [-0.1, -0.05) is 22.4 Å². The Bertz CT molecular complexity index is 802. The van der Waals surface area contributed by atoms with Gasteiger partial charge in [-0.3, -0.25) is 0 Å². The van der Waals surface area contributed by atoms with Crippen LogP contribution < -0.4 is 9.47 Å². The minimum absolute atomic E-state index is 0.365. The highest BCUT2D eigenvalue weighted by atomic mass is 16.5. The van der Waals surface area contributed by atoms with Gasteiger partial charge in [-0.2, -0.15) is 0 Å². The molecule has 0 bridgehead atoms. The Morgan fingerprint density at radius 1 is 0.741 bits per heavy atom. The van der Waals surface area contributed by atoms with Crippen LogP contribution in [0.5, 0.6) is 11.5 Å². The number of nitrogens with zero attached hydrogens (tertiary/aromatic N) is 6. The molecule has 0 radical (unpaired) electrons. The van der Waals surface area contributed by atoms with E-state index in [0.717, 1.165) is 11.1 Å². The Hall–Kier alpha value is -3.38. The zero-order valence-electron chi connectivity index (χ0n) is 15.2. The van der Waals surface area contributed by atoms with E-state index < -0.39 is 0 Å². The number of benzene rings is 2. The van der Waals surface area contributed by atoms with Gasteiger partial charge in [-0.15, -0.1) is 0 Å². The smallest absolute Gasteiger partial charge is 0.119 e.